The predicted molar refractivity (Wildman–Crippen MR) is 89.4 cm³/mol. The molecule has 5 heteroatoms. The van der Waals surface area contributed by atoms with Crippen LogP contribution >= 0.6 is 11.8 Å². The van der Waals surface area contributed by atoms with Crippen molar-refractivity contribution >= 4 is 22.8 Å². The molecule has 4 nitrogen and oxygen atoms in total. The predicted octanol–water partition coefficient (Wildman–Crippen LogP) is 2.70. The molecule has 1 aromatic heterocycles. The molecular weight excluding hydrogens is 282 g/mol. The lowest BCUT2D eigenvalue weighted by atomic mass is 10.2. The third-order valence-corrected chi connectivity index (χ3v) is 5.04. The Morgan fingerprint density at radius 1 is 1.48 bits per heavy atom. The number of hydrogen-bond donors (Lipinski definition) is 1. The average Bonchev–Trinajstić information content (AvgIpc) is 2.85. The van der Waals surface area contributed by atoms with Gasteiger partial charge in [0, 0.05) is 43.1 Å². The first-order valence-electron chi connectivity index (χ1n) is 7.66. The Labute approximate surface area is 130 Å². The lowest BCUT2D eigenvalue weighted by molar-refractivity contribution is 0.415. The molecule has 1 N–H and O–H groups in total. The van der Waals surface area contributed by atoms with E-state index in [4.69, 9.17) is 9.72 Å². The van der Waals surface area contributed by atoms with Crippen molar-refractivity contribution in [1.82, 2.24) is 14.9 Å². The number of nitrogens with zero attached hydrogens (tertiary/aromatic N) is 2. The van der Waals surface area contributed by atoms with Gasteiger partial charge in [-0.25, -0.2) is 4.98 Å². The van der Waals surface area contributed by atoms with Crippen molar-refractivity contribution in [3.63, 3.8) is 0 Å². The van der Waals surface area contributed by atoms with Gasteiger partial charge in [-0.15, -0.1) is 0 Å². The van der Waals surface area contributed by atoms with Crippen LogP contribution in [0.15, 0.2) is 18.2 Å². The molecule has 0 amide bonds. The number of nitrogens with one attached hydrogen (secondary N) is 1. The number of imidazole rings is 1. The van der Waals surface area contributed by atoms with Crippen LogP contribution in [0.2, 0.25) is 0 Å². The minimum atomic E-state index is 0.540. The van der Waals surface area contributed by atoms with E-state index in [9.17, 15) is 0 Å². The summed E-state index contributed by atoms with van der Waals surface area (Å²) in [4.78, 5) is 4.87. The highest BCUT2D eigenvalue weighted by atomic mass is 32.2. The molecule has 1 aliphatic rings. The fourth-order valence-electron chi connectivity index (χ4n) is 2.89. The van der Waals surface area contributed by atoms with Crippen molar-refractivity contribution in [2.24, 2.45) is 0 Å². The van der Waals surface area contributed by atoms with Gasteiger partial charge in [-0.05, 0) is 18.6 Å². The van der Waals surface area contributed by atoms with E-state index in [0.29, 0.717) is 6.04 Å². The van der Waals surface area contributed by atoms with Crippen LogP contribution < -0.4 is 10.1 Å². The lowest BCUT2D eigenvalue weighted by Gasteiger charge is -2.23. The second kappa shape index (κ2) is 6.71. The SMILES string of the molecule is CCCn1c(CC2CSCCN2)nc2cc(OC)ccc21. The smallest absolute Gasteiger partial charge is 0.121 e. The molecule has 1 aromatic carbocycles. The minimum absolute atomic E-state index is 0.540. The molecule has 0 aliphatic carbocycles. The standard InChI is InChI=1S/C16H23N3OS/c1-3-7-19-15-5-4-13(20-2)10-14(15)18-16(19)9-12-11-21-8-6-17-12/h4-5,10,12,17H,3,6-9,11H2,1-2H3. The normalized spacial score (nSPS) is 19.0. The van der Waals surface area contributed by atoms with Gasteiger partial charge in [0.1, 0.15) is 11.6 Å². The van der Waals surface area contributed by atoms with Crippen LogP contribution in [0.5, 0.6) is 5.75 Å². The quantitative estimate of drug-likeness (QED) is 0.922. The molecule has 1 atom stereocenters. The summed E-state index contributed by atoms with van der Waals surface area (Å²) < 4.78 is 7.69. The summed E-state index contributed by atoms with van der Waals surface area (Å²) in [6.45, 7) is 4.35. The third-order valence-electron chi connectivity index (χ3n) is 3.91. The highest BCUT2D eigenvalue weighted by Crippen LogP contribution is 2.23. The molecule has 2 heterocycles. The van der Waals surface area contributed by atoms with Gasteiger partial charge in [0.2, 0.25) is 0 Å². The highest BCUT2D eigenvalue weighted by Gasteiger charge is 2.18. The largest absolute Gasteiger partial charge is 0.497 e. The average molecular weight is 305 g/mol. The first-order valence-corrected chi connectivity index (χ1v) is 8.81. The van der Waals surface area contributed by atoms with Gasteiger partial charge in [0.05, 0.1) is 18.1 Å². The fraction of sp³-hybridized carbons (Fsp3) is 0.562. The number of aromatic nitrogens is 2. The van der Waals surface area contributed by atoms with E-state index in [1.165, 1.54) is 22.8 Å². The topological polar surface area (TPSA) is 39.1 Å². The Morgan fingerprint density at radius 3 is 3.10 bits per heavy atom. The molecule has 0 saturated carbocycles. The summed E-state index contributed by atoms with van der Waals surface area (Å²) >= 11 is 2.03. The number of aryl methyl sites for hydroxylation is 1. The van der Waals surface area contributed by atoms with Gasteiger partial charge in [0.25, 0.3) is 0 Å². The molecule has 21 heavy (non-hydrogen) atoms. The van der Waals surface area contributed by atoms with Gasteiger partial charge in [-0.1, -0.05) is 6.92 Å². The molecule has 1 unspecified atom stereocenters. The van der Waals surface area contributed by atoms with Crippen LogP contribution in [0.25, 0.3) is 11.0 Å². The monoisotopic (exact) mass is 305 g/mol. The zero-order valence-electron chi connectivity index (χ0n) is 12.8. The van der Waals surface area contributed by atoms with Gasteiger partial charge in [-0.2, -0.15) is 11.8 Å². The van der Waals surface area contributed by atoms with Crippen molar-refractivity contribution in [3.8, 4) is 5.75 Å². The van der Waals surface area contributed by atoms with E-state index in [2.05, 4.69) is 22.9 Å². The first kappa shape index (κ1) is 14.7. The Kier molecular flexibility index (Phi) is 4.70. The van der Waals surface area contributed by atoms with Crippen LogP contribution in [0.3, 0.4) is 0 Å². The van der Waals surface area contributed by atoms with Crippen LogP contribution in [0.4, 0.5) is 0 Å². The molecule has 1 saturated heterocycles. The Morgan fingerprint density at radius 2 is 2.38 bits per heavy atom. The maximum atomic E-state index is 5.32. The second-order valence-electron chi connectivity index (χ2n) is 5.46. The number of benzene rings is 1. The minimum Gasteiger partial charge on any atom is -0.497 e. The second-order valence-corrected chi connectivity index (χ2v) is 6.61. The maximum absolute atomic E-state index is 5.32. The van der Waals surface area contributed by atoms with Crippen molar-refractivity contribution in [2.45, 2.75) is 32.4 Å². The molecule has 1 aliphatic heterocycles. The Hall–Kier alpha value is -1.20. The molecule has 1 fully saturated rings. The van der Waals surface area contributed by atoms with Gasteiger partial charge < -0.3 is 14.6 Å². The Bertz CT molecular complexity index is 605. The number of fused-ring (bicyclic) bond motifs is 1. The van der Waals surface area contributed by atoms with Crippen LogP contribution in [0, 0.1) is 0 Å². The summed E-state index contributed by atoms with van der Waals surface area (Å²) in [5, 5.41) is 3.60. The van der Waals surface area contributed by atoms with E-state index in [1.807, 2.05) is 23.9 Å². The van der Waals surface area contributed by atoms with E-state index in [-0.39, 0.29) is 0 Å². The van der Waals surface area contributed by atoms with E-state index < -0.39 is 0 Å². The van der Waals surface area contributed by atoms with Crippen molar-refractivity contribution in [1.29, 1.82) is 0 Å². The third kappa shape index (κ3) is 3.19. The zero-order valence-corrected chi connectivity index (χ0v) is 13.6. The summed E-state index contributed by atoms with van der Waals surface area (Å²) in [5.41, 5.74) is 2.26. The van der Waals surface area contributed by atoms with Crippen molar-refractivity contribution in [2.75, 3.05) is 25.2 Å². The summed E-state index contributed by atoms with van der Waals surface area (Å²) in [6.07, 6.45) is 2.13. The summed E-state index contributed by atoms with van der Waals surface area (Å²) in [5.74, 6) is 4.47. The molecular formula is C16H23N3OS. The van der Waals surface area contributed by atoms with Gasteiger partial charge in [-0.3, -0.25) is 0 Å². The van der Waals surface area contributed by atoms with Crippen molar-refractivity contribution < 1.29 is 4.74 Å². The van der Waals surface area contributed by atoms with E-state index in [0.717, 1.165) is 37.2 Å². The summed E-state index contributed by atoms with van der Waals surface area (Å²) in [7, 11) is 1.70. The molecule has 2 aromatic rings. The lowest BCUT2D eigenvalue weighted by Crippen LogP contribution is -2.39. The molecule has 0 spiro atoms. The summed E-state index contributed by atoms with van der Waals surface area (Å²) in [6, 6.07) is 6.73. The number of methoxy groups -OCH3 is 1. The van der Waals surface area contributed by atoms with Gasteiger partial charge >= 0.3 is 0 Å². The number of hydrogen-bond acceptors (Lipinski definition) is 4. The number of thioether (sulfide) groups is 1. The Balaban J connectivity index is 1.93. The van der Waals surface area contributed by atoms with Crippen LogP contribution in [-0.4, -0.2) is 40.8 Å². The molecule has 114 valence electrons. The van der Waals surface area contributed by atoms with Crippen LogP contribution in [0.1, 0.15) is 19.2 Å². The molecule has 3 rings (SSSR count). The first-order chi connectivity index (χ1) is 10.3. The van der Waals surface area contributed by atoms with Crippen LogP contribution in [-0.2, 0) is 13.0 Å². The van der Waals surface area contributed by atoms with Crippen molar-refractivity contribution in [3.05, 3.63) is 24.0 Å². The van der Waals surface area contributed by atoms with E-state index >= 15 is 0 Å². The highest BCUT2D eigenvalue weighted by molar-refractivity contribution is 7.99. The van der Waals surface area contributed by atoms with E-state index in [1.54, 1.807) is 7.11 Å². The molecule has 0 bridgehead atoms. The maximum Gasteiger partial charge on any atom is 0.121 e. The van der Waals surface area contributed by atoms with Gasteiger partial charge in [0.15, 0.2) is 0 Å². The fourth-order valence-corrected chi connectivity index (χ4v) is 3.84. The molecule has 0 radical (unpaired) electrons. The number of rotatable bonds is 5. The zero-order chi connectivity index (χ0) is 14.7. The number of ether oxygens (including phenoxy) is 1.